The van der Waals surface area contributed by atoms with Gasteiger partial charge < -0.3 is 10.0 Å². The lowest BCUT2D eigenvalue weighted by atomic mass is 9.63. The molecule has 2 fully saturated rings. The maximum atomic E-state index is 9.22. The molecule has 1 aromatic rings. The summed E-state index contributed by atoms with van der Waals surface area (Å²) in [6, 6.07) is 0. The van der Waals surface area contributed by atoms with Crippen molar-refractivity contribution in [3.8, 4) is 5.88 Å². The molecule has 1 aliphatic carbocycles. The van der Waals surface area contributed by atoms with Crippen molar-refractivity contribution in [3.63, 3.8) is 0 Å². The normalized spacial score (nSPS) is 24.1. The monoisotopic (exact) mass is 224 g/mol. The average molecular weight is 224 g/mol. The Balaban J connectivity index is 1.66. The molecule has 3 nitrogen and oxygen atoms in total. The summed E-state index contributed by atoms with van der Waals surface area (Å²) < 4.78 is 0. The molecule has 0 atom stereocenters. The lowest BCUT2D eigenvalue weighted by Gasteiger charge is -2.47. The summed E-state index contributed by atoms with van der Waals surface area (Å²) in [4.78, 5) is 6.44. The minimum Gasteiger partial charge on any atom is -0.493 e. The van der Waals surface area contributed by atoms with E-state index in [9.17, 15) is 5.11 Å². The molecule has 1 spiro atoms. The van der Waals surface area contributed by atoms with Crippen LogP contribution in [0.15, 0.2) is 5.38 Å². The SMILES string of the molecule is Oc1csc(N2CCC3(CCC3)CC2)n1. The summed E-state index contributed by atoms with van der Waals surface area (Å²) in [5.41, 5.74) is 0.690. The maximum Gasteiger partial charge on any atom is 0.223 e. The van der Waals surface area contributed by atoms with Crippen LogP contribution in [0.5, 0.6) is 5.88 Å². The summed E-state index contributed by atoms with van der Waals surface area (Å²) >= 11 is 1.55. The van der Waals surface area contributed by atoms with Gasteiger partial charge in [0.25, 0.3) is 0 Å². The molecule has 2 aliphatic rings. The predicted molar refractivity (Wildman–Crippen MR) is 61.5 cm³/mol. The second kappa shape index (κ2) is 3.37. The highest BCUT2D eigenvalue weighted by atomic mass is 32.1. The molecule has 0 amide bonds. The van der Waals surface area contributed by atoms with Crippen LogP contribution < -0.4 is 4.90 Å². The maximum absolute atomic E-state index is 9.22. The zero-order chi connectivity index (χ0) is 10.3. The minimum absolute atomic E-state index is 0.166. The molecule has 2 heterocycles. The molecule has 0 aromatic carbocycles. The van der Waals surface area contributed by atoms with Crippen LogP contribution in [0.25, 0.3) is 0 Å². The molecule has 0 unspecified atom stereocenters. The number of rotatable bonds is 1. The Morgan fingerprint density at radius 2 is 2.00 bits per heavy atom. The van der Waals surface area contributed by atoms with E-state index < -0.39 is 0 Å². The zero-order valence-corrected chi connectivity index (χ0v) is 9.59. The quantitative estimate of drug-likeness (QED) is 0.796. The van der Waals surface area contributed by atoms with E-state index in [4.69, 9.17) is 0 Å². The standard InChI is InChI=1S/C11H16N2OS/c14-9-8-15-10(12-9)13-6-4-11(5-7-13)2-1-3-11/h8,14H,1-7H2. The number of hydrogen-bond acceptors (Lipinski definition) is 4. The molecule has 3 rings (SSSR count). The van der Waals surface area contributed by atoms with Gasteiger partial charge in [-0.05, 0) is 31.1 Å². The van der Waals surface area contributed by atoms with Gasteiger partial charge in [0.15, 0.2) is 5.13 Å². The first-order valence-electron chi connectivity index (χ1n) is 5.67. The molecule has 15 heavy (non-hydrogen) atoms. The number of thiazole rings is 1. The van der Waals surface area contributed by atoms with Crippen LogP contribution in [0.4, 0.5) is 5.13 Å². The van der Waals surface area contributed by atoms with Crippen LogP contribution in [0.1, 0.15) is 32.1 Å². The van der Waals surface area contributed by atoms with Crippen molar-refractivity contribution in [1.29, 1.82) is 0 Å². The van der Waals surface area contributed by atoms with Gasteiger partial charge in [0.2, 0.25) is 5.88 Å². The lowest BCUT2D eigenvalue weighted by Crippen LogP contribution is -2.43. The molecule has 1 saturated heterocycles. The second-order valence-corrected chi connectivity index (χ2v) is 5.67. The molecule has 1 saturated carbocycles. The van der Waals surface area contributed by atoms with Gasteiger partial charge in [0.05, 0.1) is 5.38 Å². The average Bonchev–Trinajstić information content (AvgIpc) is 2.63. The zero-order valence-electron chi connectivity index (χ0n) is 8.78. The number of nitrogens with zero attached hydrogens (tertiary/aromatic N) is 2. The van der Waals surface area contributed by atoms with E-state index in [-0.39, 0.29) is 5.88 Å². The van der Waals surface area contributed by atoms with Gasteiger partial charge in [-0.25, -0.2) is 0 Å². The van der Waals surface area contributed by atoms with Crippen molar-refractivity contribution in [3.05, 3.63) is 5.38 Å². The van der Waals surface area contributed by atoms with Crippen LogP contribution in [0.3, 0.4) is 0 Å². The van der Waals surface area contributed by atoms with Crippen LogP contribution in [0, 0.1) is 5.41 Å². The van der Waals surface area contributed by atoms with Crippen LogP contribution in [0.2, 0.25) is 0 Å². The molecule has 1 aliphatic heterocycles. The first-order chi connectivity index (χ1) is 7.27. The Bertz CT molecular complexity index is 349. The molecular weight excluding hydrogens is 208 g/mol. The summed E-state index contributed by atoms with van der Waals surface area (Å²) in [6.07, 6.45) is 6.92. The summed E-state index contributed by atoms with van der Waals surface area (Å²) in [5, 5.41) is 11.9. The van der Waals surface area contributed by atoms with Gasteiger partial charge in [-0.15, -0.1) is 11.3 Å². The first kappa shape index (κ1) is 9.46. The van der Waals surface area contributed by atoms with E-state index in [0.29, 0.717) is 5.41 Å². The van der Waals surface area contributed by atoms with Crippen molar-refractivity contribution in [2.75, 3.05) is 18.0 Å². The van der Waals surface area contributed by atoms with E-state index in [0.717, 1.165) is 18.2 Å². The fraction of sp³-hybridized carbons (Fsp3) is 0.727. The van der Waals surface area contributed by atoms with Gasteiger partial charge in [-0.1, -0.05) is 6.42 Å². The molecular formula is C11H16N2OS. The molecule has 0 radical (unpaired) electrons. The minimum atomic E-state index is 0.166. The van der Waals surface area contributed by atoms with Crippen molar-refractivity contribution in [2.45, 2.75) is 32.1 Å². The van der Waals surface area contributed by atoms with Crippen molar-refractivity contribution in [1.82, 2.24) is 4.98 Å². The Labute approximate surface area is 93.8 Å². The van der Waals surface area contributed by atoms with Gasteiger partial charge in [0.1, 0.15) is 0 Å². The Morgan fingerprint density at radius 3 is 2.47 bits per heavy atom. The van der Waals surface area contributed by atoms with Gasteiger partial charge >= 0.3 is 0 Å². The third-order valence-electron chi connectivity index (χ3n) is 3.99. The number of piperidine rings is 1. The highest BCUT2D eigenvalue weighted by Gasteiger charge is 2.39. The van der Waals surface area contributed by atoms with Crippen LogP contribution >= 0.6 is 11.3 Å². The second-order valence-electron chi connectivity index (χ2n) is 4.83. The van der Waals surface area contributed by atoms with Crippen LogP contribution in [-0.2, 0) is 0 Å². The number of aromatic hydroxyl groups is 1. The summed E-state index contributed by atoms with van der Waals surface area (Å²) in [6.45, 7) is 2.24. The Hall–Kier alpha value is -0.770. The molecule has 4 heteroatoms. The van der Waals surface area contributed by atoms with E-state index in [1.54, 1.807) is 16.7 Å². The van der Waals surface area contributed by atoms with Crippen molar-refractivity contribution < 1.29 is 5.11 Å². The third kappa shape index (κ3) is 1.61. The topological polar surface area (TPSA) is 36.4 Å². The first-order valence-corrected chi connectivity index (χ1v) is 6.55. The third-order valence-corrected chi connectivity index (χ3v) is 4.88. The number of aromatic nitrogens is 1. The van der Waals surface area contributed by atoms with Gasteiger partial charge in [-0.2, -0.15) is 4.98 Å². The Kier molecular flexibility index (Phi) is 2.12. The van der Waals surface area contributed by atoms with Crippen molar-refractivity contribution in [2.24, 2.45) is 5.41 Å². The van der Waals surface area contributed by atoms with Crippen LogP contribution in [-0.4, -0.2) is 23.2 Å². The van der Waals surface area contributed by atoms with Crippen molar-refractivity contribution >= 4 is 16.5 Å². The summed E-state index contributed by atoms with van der Waals surface area (Å²) in [7, 11) is 0. The van der Waals surface area contributed by atoms with E-state index >= 15 is 0 Å². The largest absolute Gasteiger partial charge is 0.493 e. The highest BCUT2D eigenvalue weighted by molar-refractivity contribution is 7.13. The van der Waals surface area contributed by atoms with E-state index in [1.165, 1.54) is 32.1 Å². The smallest absolute Gasteiger partial charge is 0.223 e. The number of anilines is 1. The van der Waals surface area contributed by atoms with Gasteiger partial charge in [-0.3, -0.25) is 0 Å². The predicted octanol–water partition coefficient (Wildman–Crippen LogP) is 2.62. The highest BCUT2D eigenvalue weighted by Crippen LogP contribution is 2.49. The fourth-order valence-electron chi connectivity index (χ4n) is 2.75. The molecule has 1 N–H and O–H groups in total. The lowest BCUT2D eigenvalue weighted by molar-refractivity contribution is 0.0955. The van der Waals surface area contributed by atoms with E-state index in [2.05, 4.69) is 9.88 Å². The molecule has 1 aromatic heterocycles. The van der Waals surface area contributed by atoms with E-state index in [1.807, 2.05) is 0 Å². The van der Waals surface area contributed by atoms with Gasteiger partial charge in [0, 0.05) is 13.1 Å². The Morgan fingerprint density at radius 1 is 1.27 bits per heavy atom. The number of hydrogen-bond donors (Lipinski definition) is 1. The molecule has 0 bridgehead atoms. The molecule has 82 valence electrons. The summed E-state index contributed by atoms with van der Waals surface area (Å²) in [5.74, 6) is 0.166. The fourth-order valence-corrected chi connectivity index (χ4v) is 3.49.